The Bertz CT molecular complexity index is 1360. The van der Waals surface area contributed by atoms with Gasteiger partial charge in [0.25, 0.3) is 5.91 Å². The molecule has 8 nitrogen and oxygen atoms in total. The summed E-state index contributed by atoms with van der Waals surface area (Å²) in [6.45, 7) is 1.57. The second-order valence-electron chi connectivity index (χ2n) is 8.83. The third-order valence-electron chi connectivity index (χ3n) is 6.57. The molecule has 1 fully saturated rings. The second-order valence-corrected chi connectivity index (χ2v) is 9.27. The normalized spacial score (nSPS) is 13.6. The van der Waals surface area contributed by atoms with Crippen LogP contribution >= 0.6 is 11.6 Å². The van der Waals surface area contributed by atoms with Gasteiger partial charge in [0.2, 0.25) is 11.7 Å². The Balaban J connectivity index is 1.53. The molecular formula is C30H31ClN2O6. The van der Waals surface area contributed by atoms with Crippen molar-refractivity contribution in [1.29, 1.82) is 0 Å². The molecule has 2 amide bonds. The molecule has 0 saturated carbocycles. The molecule has 0 radical (unpaired) electrons. The Kier molecular flexibility index (Phi) is 8.99. The number of carbonyl (C=O) groups excluding carboxylic acids is 2. The molecule has 4 rings (SSSR count). The van der Waals surface area contributed by atoms with E-state index in [0.29, 0.717) is 59.8 Å². The zero-order chi connectivity index (χ0) is 27.9. The summed E-state index contributed by atoms with van der Waals surface area (Å²) in [5.74, 6) is 1.60. The fraction of sp³-hybridized carbons (Fsp3) is 0.267. The Labute approximate surface area is 233 Å². The Morgan fingerprint density at radius 2 is 1.31 bits per heavy atom. The smallest absolute Gasteiger partial charge is 0.254 e. The maximum Gasteiger partial charge on any atom is 0.254 e. The highest BCUT2D eigenvalue weighted by Gasteiger charge is 2.26. The lowest BCUT2D eigenvalue weighted by atomic mass is 9.97. The first-order chi connectivity index (χ1) is 18.9. The third-order valence-corrected chi connectivity index (χ3v) is 6.81. The minimum atomic E-state index is -0.173. The third kappa shape index (κ3) is 6.29. The van der Waals surface area contributed by atoms with E-state index >= 15 is 0 Å². The van der Waals surface area contributed by atoms with Gasteiger partial charge in [-0.3, -0.25) is 9.59 Å². The van der Waals surface area contributed by atoms with Crippen molar-refractivity contribution in [2.45, 2.75) is 0 Å². The summed E-state index contributed by atoms with van der Waals surface area (Å²) in [7, 11) is 6.13. The van der Waals surface area contributed by atoms with E-state index in [-0.39, 0.29) is 11.8 Å². The highest BCUT2D eigenvalue weighted by atomic mass is 35.5. The van der Waals surface area contributed by atoms with Crippen molar-refractivity contribution in [1.82, 2.24) is 9.80 Å². The summed E-state index contributed by atoms with van der Waals surface area (Å²) < 4.78 is 21.5. The molecule has 0 unspecified atom stereocenters. The first-order valence-corrected chi connectivity index (χ1v) is 12.8. The highest BCUT2D eigenvalue weighted by Crippen LogP contribution is 2.38. The quantitative estimate of drug-likeness (QED) is 0.375. The molecule has 3 aromatic carbocycles. The Morgan fingerprint density at radius 3 is 1.87 bits per heavy atom. The molecule has 39 heavy (non-hydrogen) atoms. The van der Waals surface area contributed by atoms with Crippen LogP contribution in [0, 0.1) is 0 Å². The molecule has 0 aromatic heterocycles. The second kappa shape index (κ2) is 12.6. The number of piperazine rings is 1. The van der Waals surface area contributed by atoms with Crippen molar-refractivity contribution in [3.05, 3.63) is 88.5 Å². The van der Waals surface area contributed by atoms with Crippen molar-refractivity contribution in [3.63, 3.8) is 0 Å². The lowest BCUT2D eigenvalue weighted by Gasteiger charge is -2.34. The molecule has 0 aliphatic carbocycles. The van der Waals surface area contributed by atoms with E-state index in [9.17, 15) is 9.59 Å². The first-order valence-electron chi connectivity index (χ1n) is 12.4. The number of hydrogen-bond acceptors (Lipinski definition) is 6. The number of benzene rings is 3. The van der Waals surface area contributed by atoms with Crippen molar-refractivity contribution in [2.75, 3.05) is 54.6 Å². The summed E-state index contributed by atoms with van der Waals surface area (Å²) >= 11 is 6.26. The van der Waals surface area contributed by atoms with E-state index in [4.69, 9.17) is 30.5 Å². The summed E-state index contributed by atoms with van der Waals surface area (Å²) in [5, 5.41) is 0.577. The van der Waals surface area contributed by atoms with E-state index in [1.165, 1.54) is 21.3 Å². The Morgan fingerprint density at radius 1 is 0.718 bits per heavy atom. The van der Waals surface area contributed by atoms with Crippen LogP contribution in [0.5, 0.6) is 23.0 Å². The van der Waals surface area contributed by atoms with Gasteiger partial charge in [-0.05, 0) is 53.1 Å². The van der Waals surface area contributed by atoms with Gasteiger partial charge in [-0.1, -0.05) is 35.9 Å². The lowest BCUT2D eigenvalue weighted by Crippen LogP contribution is -2.50. The van der Waals surface area contributed by atoms with Gasteiger partial charge in [-0.2, -0.15) is 0 Å². The number of carbonyl (C=O) groups is 2. The van der Waals surface area contributed by atoms with Crippen LogP contribution in [-0.2, 0) is 4.79 Å². The zero-order valence-corrected chi connectivity index (χ0v) is 23.2. The predicted molar refractivity (Wildman–Crippen MR) is 150 cm³/mol. The first kappa shape index (κ1) is 27.9. The van der Waals surface area contributed by atoms with E-state index in [2.05, 4.69) is 0 Å². The fourth-order valence-electron chi connectivity index (χ4n) is 4.51. The van der Waals surface area contributed by atoms with E-state index in [0.717, 1.165) is 16.7 Å². The zero-order valence-electron chi connectivity index (χ0n) is 22.4. The fourth-order valence-corrected chi connectivity index (χ4v) is 4.70. The van der Waals surface area contributed by atoms with Crippen LogP contribution in [0.15, 0.2) is 66.7 Å². The van der Waals surface area contributed by atoms with Crippen molar-refractivity contribution in [3.8, 4) is 23.0 Å². The molecule has 9 heteroatoms. The van der Waals surface area contributed by atoms with Crippen LogP contribution in [0.3, 0.4) is 0 Å². The molecule has 0 bridgehead atoms. The molecule has 1 aliphatic rings. The van der Waals surface area contributed by atoms with E-state index in [1.807, 2.05) is 42.5 Å². The number of amides is 2. The van der Waals surface area contributed by atoms with Gasteiger partial charge in [-0.15, -0.1) is 0 Å². The van der Waals surface area contributed by atoms with Gasteiger partial charge >= 0.3 is 0 Å². The highest BCUT2D eigenvalue weighted by molar-refractivity contribution is 6.30. The van der Waals surface area contributed by atoms with Gasteiger partial charge in [0, 0.05) is 42.8 Å². The van der Waals surface area contributed by atoms with Gasteiger partial charge in [0.1, 0.15) is 5.75 Å². The van der Waals surface area contributed by atoms with Crippen LogP contribution in [0.25, 0.3) is 5.57 Å². The number of halogens is 1. The maximum absolute atomic E-state index is 13.4. The average Bonchev–Trinajstić information content (AvgIpc) is 2.98. The number of ether oxygens (including phenoxy) is 4. The van der Waals surface area contributed by atoms with Crippen LogP contribution < -0.4 is 18.9 Å². The van der Waals surface area contributed by atoms with Crippen molar-refractivity contribution >= 4 is 29.0 Å². The molecule has 0 spiro atoms. The summed E-state index contributed by atoms with van der Waals surface area (Å²) in [4.78, 5) is 30.2. The number of methoxy groups -OCH3 is 4. The number of hydrogen-bond donors (Lipinski definition) is 0. The molecule has 0 N–H and O–H groups in total. The molecule has 3 aromatic rings. The SMILES string of the molecule is COc1cccc(/C(=C\C(=O)N2CCN(C(=O)c3cc(OC)c(OC)c(OC)c3)CC2)c2cccc(Cl)c2)c1. The largest absolute Gasteiger partial charge is 0.497 e. The van der Waals surface area contributed by atoms with Crippen LogP contribution in [0.1, 0.15) is 21.5 Å². The molecule has 1 aliphatic heterocycles. The average molecular weight is 551 g/mol. The number of rotatable bonds is 8. The molecule has 0 atom stereocenters. The lowest BCUT2D eigenvalue weighted by molar-refractivity contribution is -0.127. The summed E-state index contributed by atoms with van der Waals surface area (Å²) in [5.41, 5.74) is 2.81. The van der Waals surface area contributed by atoms with Crippen LogP contribution in [-0.4, -0.2) is 76.2 Å². The van der Waals surface area contributed by atoms with Gasteiger partial charge < -0.3 is 28.7 Å². The molecular weight excluding hydrogens is 520 g/mol. The summed E-state index contributed by atoms with van der Waals surface area (Å²) in [6.07, 6.45) is 1.62. The van der Waals surface area contributed by atoms with Gasteiger partial charge in [0.05, 0.1) is 28.4 Å². The van der Waals surface area contributed by atoms with Gasteiger partial charge in [-0.25, -0.2) is 0 Å². The Hall–Kier alpha value is -4.17. The van der Waals surface area contributed by atoms with Crippen LogP contribution in [0.2, 0.25) is 5.02 Å². The topological polar surface area (TPSA) is 77.5 Å². The van der Waals surface area contributed by atoms with E-state index < -0.39 is 0 Å². The maximum atomic E-state index is 13.4. The molecule has 1 heterocycles. The van der Waals surface area contributed by atoms with E-state index in [1.54, 1.807) is 41.2 Å². The molecule has 204 valence electrons. The van der Waals surface area contributed by atoms with Crippen LogP contribution in [0.4, 0.5) is 0 Å². The van der Waals surface area contributed by atoms with Crippen molar-refractivity contribution < 1.29 is 28.5 Å². The van der Waals surface area contributed by atoms with Gasteiger partial charge in [0.15, 0.2) is 11.5 Å². The number of nitrogens with zero attached hydrogens (tertiary/aromatic N) is 2. The minimum Gasteiger partial charge on any atom is -0.497 e. The monoisotopic (exact) mass is 550 g/mol. The summed E-state index contributed by atoms with van der Waals surface area (Å²) in [6, 6.07) is 18.2. The van der Waals surface area contributed by atoms with Crippen molar-refractivity contribution in [2.24, 2.45) is 0 Å². The standard InChI is InChI=1S/C30H31ClN2O6/c1-36-24-10-6-8-21(16-24)25(20-7-5-9-23(31)15-20)19-28(34)32-11-13-33(14-12-32)30(35)22-17-26(37-2)29(39-4)27(18-22)38-3/h5-10,15-19H,11-14H2,1-4H3/b25-19-. The molecule has 1 saturated heterocycles. The minimum absolute atomic E-state index is 0.146. The predicted octanol–water partition coefficient (Wildman–Crippen LogP) is 4.79.